The highest BCUT2D eigenvalue weighted by molar-refractivity contribution is 5.76. The normalized spacial score (nSPS) is 18.8. The second kappa shape index (κ2) is 7.82. The van der Waals surface area contributed by atoms with Crippen molar-refractivity contribution in [3.8, 4) is 0 Å². The second-order valence-corrected chi connectivity index (χ2v) is 6.96. The van der Waals surface area contributed by atoms with Gasteiger partial charge < -0.3 is 14.2 Å². The SMILES string of the molecule is Cc1ccc([C@H](C)CCN2CCC(=O)N(CC(C)C)CC2)o1. The van der Waals surface area contributed by atoms with Crippen molar-refractivity contribution in [3.05, 3.63) is 23.7 Å². The fraction of sp³-hybridized carbons (Fsp3) is 0.722. The molecule has 0 radical (unpaired) electrons. The van der Waals surface area contributed by atoms with Gasteiger partial charge in [0.2, 0.25) is 5.91 Å². The van der Waals surface area contributed by atoms with Crippen LogP contribution in [-0.2, 0) is 4.79 Å². The predicted octanol–water partition coefficient (Wildman–Crippen LogP) is 3.27. The molecule has 0 unspecified atom stereocenters. The van der Waals surface area contributed by atoms with Crippen molar-refractivity contribution in [2.75, 3.05) is 32.7 Å². The minimum atomic E-state index is 0.311. The highest BCUT2D eigenvalue weighted by atomic mass is 16.3. The molecule has 1 aliphatic rings. The Morgan fingerprint density at radius 2 is 1.95 bits per heavy atom. The number of hydrogen-bond donors (Lipinski definition) is 0. The van der Waals surface area contributed by atoms with E-state index in [0.717, 1.165) is 50.7 Å². The van der Waals surface area contributed by atoms with Gasteiger partial charge in [0.1, 0.15) is 11.5 Å². The van der Waals surface area contributed by atoms with Gasteiger partial charge in [0, 0.05) is 38.5 Å². The lowest BCUT2D eigenvalue weighted by Gasteiger charge is -2.24. The summed E-state index contributed by atoms with van der Waals surface area (Å²) in [5.74, 6) is 3.33. The molecule has 1 aliphatic heterocycles. The number of aryl methyl sites for hydroxylation is 1. The average Bonchev–Trinajstić information content (AvgIpc) is 2.82. The maximum Gasteiger partial charge on any atom is 0.223 e. The summed E-state index contributed by atoms with van der Waals surface area (Å²) in [6, 6.07) is 4.11. The van der Waals surface area contributed by atoms with Crippen LogP contribution in [0, 0.1) is 12.8 Å². The first-order valence-electron chi connectivity index (χ1n) is 8.52. The Morgan fingerprint density at radius 1 is 1.18 bits per heavy atom. The highest BCUT2D eigenvalue weighted by Crippen LogP contribution is 2.22. The molecule has 1 fully saturated rings. The van der Waals surface area contributed by atoms with Crippen LogP contribution in [0.15, 0.2) is 16.5 Å². The molecule has 0 spiro atoms. The van der Waals surface area contributed by atoms with Crippen molar-refractivity contribution in [3.63, 3.8) is 0 Å². The van der Waals surface area contributed by atoms with Crippen LogP contribution < -0.4 is 0 Å². The third-order valence-corrected chi connectivity index (χ3v) is 4.39. The summed E-state index contributed by atoms with van der Waals surface area (Å²) in [6.07, 6.45) is 1.73. The molecule has 22 heavy (non-hydrogen) atoms. The van der Waals surface area contributed by atoms with Gasteiger partial charge in [-0.25, -0.2) is 0 Å². The van der Waals surface area contributed by atoms with E-state index in [1.807, 2.05) is 17.9 Å². The average molecular weight is 306 g/mol. The quantitative estimate of drug-likeness (QED) is 0.809. The number of nitrogens with zero attached hydrogens (tertiary/aromatic N) is 2. The third-order valence-electron chi connectivity index (χ3n) is 4.39. The van der Waals surface area contributed by atoms with Gasteiger partial charge in [0.25, 0.3) is 0 Å². The van der Waals surface area contributed by atoms with E-state index in [2.05, 4.69) is 31.7 Å². The van der Waals surface area contributed by atoms with E-state index < -0.39 is 0 Å². The number of carbonyl (C=O) groups excluding carboxylic acids is 1. The first kappa shape index (κ1) is 17.1. The predicted molar refractivity (Wildman–Crippen MR) is 89.0 cm³/mol. The molecule has 0 bridgehead atoms. The highest BCUT2D eigenvalue weighted by Gasteiger charge is 2.21. The fourth-order valence-electron chi connectivity index (χ4n) is 3.00. The number of amides is 1. The summed E-state index contributed by atoms with van der Waals surface area (Å²) in [7, 11) is 0. The molecule has 0 N–H and O–H groups in total. The minimum Gasteiger partial charge on any atom is -0.466 e. The van der Waals surface area contributed by atoms with Gasteiger partial charge in [0.05, 0.1) is 0 Å². The molecule has 4 heteroatoms. The summed E-state index contributed by atoms with van der Waals surface area (Å²) in [4.78, 5) is 16.6. The van der Waals surface area contributed by atoms with Gasteiger partial charge in [-0.2, -0.15) is 0 Å². The largest absolute Gasteiger partial charge is 0.466 e. The van der Waals surface area contributed by atoms with Gasteiger partial charge in [-0.05, 0) is 37.9 Å². The first-order valence-corrected chi connectivity index (χ1v) is 8.52. The summed E-state index contributed by atoms with van der Waals surface area (Å²) >= 11 is 0. The number of carbonyl (C=O) groups is 1. The van der Waals surface area contributed by atoms with Crippen LogP contribution in [0.5, 0.6) is 0 Å². The Balaban J connectivity index is 1.80. The standard InChI is InChI=1S/C18H30N2O2/c1-14(2)13-20-12-11-19(10-8-18(20)21)9-7-15(3)17-6-5-16(4)22-17/h5-6,14-15H,7-13H2,1-4H3/t15-/m1/s1. The zero-order chi connectivity index (χ0) is 16.1. The molecule has 1 atom stereocenters. The Hall–Kier alpha value is -1.29. The molecule has 0 aliphatic carbocycles. The van der Waals surface area contributed by atoms with Crippen molar-refractivity contribution in [1.29, 1.82) is 0 Å². The van der Waals surface area contributed by atoms with E-state index in [4.69, 9.17) is 4.42 Å². The lowest BCUT2D eigenvalue weighted by Crippen LogP contribution is -2.36. The second-order valence-electron chi connectivity index (χ2n) is 6.96. The lowest BCUT2D eigenvalue weighted by atomic mass is 10.0. The van der Waals surface area contributed by atoms with Gasteiger partial charge >= 0.3 is 0 Å². The molecule has 1 amide bonds. The Bertz CT molecular complexity index is 481. The Labute approximate surface area is 134 Å². The maximum atomic E-state index is 12.1. The summed E-state index contributed by atoms with van der Waals surface area (Å²) in [6.45, 7) is 13.2. The number of hydrogen-bond acceptors (Lipinski definition) is 3. The van der Waals surface area contributed by atoms with Gasteiger partial charge in [-0.15, -0.1) is 0 Å². The van der Waals surface area contributed by atoms with Crippen molar-refractivity contribution in [1.82, 2.24) is 9.80 Å². The van der Waals surface area contributed by atoms with Crippen molar-refractivity contribution < 1.29 is 9.21 Å². The van der Waals surface area contributed by atoms with E-state index in [1.54, 1.807) is 0 Å². The van der Waals surface area contributed by atoms with Crippen LogP contribution in [0.2, 0.25) is 0 Å². The monoisotopic (exact) mass is 306 g/mol. The van der Waals surface area contributed by atoms with E-state index in [0.29, 0.717) is 24.2 Å². The Morgan fingerprint density at radius 3 is 2.59 bits per heavy atom. The van der Waals surface area contributed by atoms with Crippen molar-refractivity contribution in [2.24, 2.45) is 5.92 Å². The van der Waals surface area contributed by atoms with Crippen LogP contribution >= 0.6 is 0 Å². The van der Waals surface area contributed by atoms with Crippen LogP contribution in [0.3, 0.4) is 0 Å². The molecule has 2 rings (SSSR count). The van der Waals surface area contributed by atoms with E-state index in [9.17, 15) is 4.79 Å². The van der Waals surface area contributed by atoms with Crippen LogP contribution in [-0.4, -0.2) is 48.4 Å². The molecule has 0 saturated carbocycles. The van der Waals surface area contributed by atoms with Gasteiger partial charge in [-0.3, -0.25) is 4.79 Å². The molecule has 124 valence electrons. The van der Waals surface area contributed by atoms with Crippen LogP contribution in [0.4, 0.5) is 0 Å². The molecule has 0 aromatic carbocycles. The lowest BCUT2D eigenvalue weighted by molar-refractivity contribution is -0.130. The van der Waals surface area contributed by atoms with Gasteiger partial charge in [0.15, 0.2) is 0 Å². The van der Waals surface area contributed by atoms with E-state index >= 15 is 0 Å². The van der Waals surface area contributed by atoms with E-state index in [-0.39, 0.29) is 0 Å². The summed E-state index contributed by atoms with van der Waals surface area (Å²) in [5, 5.41) is 0. The zero-order valence-corrected chi connectivity index (χ0v) is 14.5. The zero-order valence-electron chi connectivity index (χ0n) is 14.5. The fourth-order valence-corrected chi connectivity index (χ4v) is 3.00. The maximum absolute atomic E-state index is 12.1. The number of furan rings is 1. The van der Waals surface area contributed by atoms with E-state index in [1.165, 1.54) is 0 Å². The first-order chi connectivity index (χ1) is 10.5. The number of rotatable bonds is 6. The molecule has 1 aromatic heterocycles. The van der Waals surface area contributed by atoms with Gasteiger partial charge in [-0.1, -0.05) is 20.8 Å². The van der Waals surface area contributed by atoms with Crippen LogP contribution in [0.1, 0.15) is 51.1 Å². The van der Waals surface area contributed by atoms with Crippen molar-refractivity contribution in [2.45, 2.75) is 46.5 Å². The third kappa shape index (κ3) is 4.87. The molecule has 1 aromatic rings. The molecule has 4 nitrogen and oxygen atoms in total. The summed E-state index contributed by atoms with van der Waals surface area (Å²) in [5.41, 5.74) is 0. The smallest absolute Gasteiger partial charge is 0.223 e. The Kier molecular flexibility index (Phi) is 6.07. The minimum absolute atomic E-state index is 0.311. The molecule has 1 saturated heterocycles. The molecular formula is C18H30N2O2. The topological polar surface area (TPSA) is 36.7 Å². The molecular weight excluding hydrogens is 276 g/mol. The van der Waals surface area contributed by atoms with Crippen molar-refractivity contribution >= 4 is 5.91 Å². The van der Waals surface area contributed by atoms with Crippen LogP contribution in [0.25, 0.3) is 0 Å². The molecule has 2 heterocycles. The summed E-state index contributed by atoms with van der Waals surface area (Å²) < 4.78 is 5.71.